The predicted molar refractivity (Wildman–Crippen MR) is 78.2 cm³/mol. The molecule has 1 unspecified atom stereocenters. The highest BCUT2D eigenvalue weighted by Crippen LogP contribution is 2.18. The molecule has 0 fully saturated rings. The SMILES string of the molecule is NC(Cc1ccc(Cl)cc1)c1nc2ccccc2[nH]1. The molecule has 0 saturated heterocycles. The number of hydrogen-bond acceptors (Lipinski definition) is 2. The van der Waals surface area contributed by atoms with E-state index in [-0.39, 0.29) is 6.04 Å². The molecule has 1 heterocycles. The van der Waals surface area contributed by atoms with Gasteiger partial charge in [-0.15, -0.1) is 0 Å². The predicted octanol–water partition coefficient (Wildman–Crippen LogP) is 3.46. The number of nitrogens with one attached hydrogen (secondary N) is 1. The van der Waals surface area contributed by atoms with Gasteiger partial charge in [0.05, 0.1) is 17.1 Å². The van der Waals surface area contributed by atoms with Crippen molar-refractivity contribution in [3.63, 3.8) is 0 Å². The monoisotopic (exact) mass is 271 g/mol. The summed E-state index contributed by atoms with van der Waals surface area (Å²) in [6, 6.07) is 15.5. The van der Waals surface area contributed by atoms with Crippen LogP contribution in [-0.4, -0.2) is 9.97 Å². The molecule has 1 atom stereocenters. The molecule has 19 heavy (non-hydrogen) atoms. The normalized spacial score (nSPS) is 12.7. The van der Waals surface area contributed by atoms with Crippen molar-refractivity contribution in [2.75, 3.05) is 0 Å². The molecular weight excluding hydrogens is 258 g/mol. The van der Waals surface area contributed by atoms with Gasteiger partial charge in [-0.25, -0.2) is 4.98 Å². The molecule has 2 aromatic carbocycles. The van der Waals surface area contributed by atoms with Gasteiger partial charge >= 0.3 is 0 Å². The van der Waals surface area contributed by atoms with Crippen LogP contribution in [0.25, 0.3) is 11.0 Å². The third kappa shape index (κ3) is 2.62. The van der Waals surface area contributed by atoms with Crippen molar-refractivity contribution < 1.29 is 0 Å². The summed E-state index contributed by atoms with van der Waals surface area (Å²) in [5.74, 6) is 0.816. The second-order valence-electron chi connectivity index (χ2n) is 4.58. The largest absolute Gasteiger partial charge is 0.341 e. The maximum atomic E-state index is 6.20. The van der Waals surface area contributed by atoms with Gasteiger partial charge in [0, 0.05) is 5.02 Å². The minimum absolute atomic E-state index is 0.145. The number of aromatic amines is 1. The fraction of sp³-hybridized carbons (Fsp3) is 0.133. The number of halogens is 1. The van der Waals surface area contributed by atoms with Crippen LogP contribution >= 0.6 is 11.6 Å². The van der Waals surface area contributed by atoms with Crippen molar-refractivity contribution in [1.82, 2.24) is 9.97 Å². The van der Waals surface area contributed by atoms with Gasteiger partial charge in [0.2, 0.25) is 0 Å². The molecule has 0 saturated carbocycles. The second-order valence-corrected chi connectivity index (χ2v) is 5.01. The van der Waals surface area contributed by atoms with Crippen LogP contribution in [0.5, 0.6) is 0 Å². The van der Waals surface area contributed by atoms with Gasteiger partial charge in [-0.05, 0) is 36.2 Å². The van der Waals surface area contributed by atoms with Crippen LogP contribution < -0.4 is 5.73 Å². The van der Waals surface area contributed by atoms with Gasteiger partial charge < -0.3 is 10.7 Å². The molecule has 0 aliphatic heterocycles. The third-order valence-corrected chi connectivity index (χ3v) is 3.38. The number of para-hydroxylation sites is 2. The number of nitrogens with zero attached hydrogens (tertiary/aromatic N) is 1. The fourth-order valence-electron chi connectivity index (χ4n) is 2.12. The van der Waals surface area contributed by atoms with E-state index in [1.54, 1.807) is 0 Å². The number of benzene rings is 2. The van der Waals surface area contributed by atoms with E-state index in [1.165, 1.54) is 0 Å². The van der Waals surface area contributed by atoms with Crippen LogP contribution in [0.15, 0.2) is 48.5 Å². The highest BCUT2D eigenvalue weighted by atomic mass is 35.5. The quantitative estimate of drug-likeness (QED) is 0.766. The van der Waals surface area contributed by atoms with Gasteiger partial charge in [0.15, 0.2) is 0 Å². The van der Waals surface area contributed by atoms with Crippen LogP contribution in [0.1, 0.15) is 17.4 Å². The van der Waals surface area contributed by atoms with Gasteiger partial charge in [-0.3, -0.25) is 0 Å². The molecule has 0 aliphatic carbocycles. The van der Waals surface area contributed by atoms with E-state index in [0.29, 0.717) is 0 Å². The number of aromatic nitrogens is 2. The van der Waals surface area contributed by atoms with Crippen molar-refractivity contribution in [2.24, 2.45) is 5.73 Å². The zero-order valence-electron chi connectivity index (χ0n) is 10.3. The van der Waals surface area contributed by atoms with Crippen LogP contribution in [0.4, 0.5) is 0 Å². The minimum Gasteiger partial charge on any atom is -0.341 e. The molecule has 96 valence electrons. The zero-order chi connectivity index (χ0) is 13.2. The minimum atomic E-state index is -0.145. The fourth-order valence-corrected chi connectivity index (χ4v) is 2.25. The summed E-state index contributed by atoms with van der Waals surface area (Å²) in [4.78, 5) is 7.78. The van der Waals surface area contributed by atoms with E-state index < -0.39 is 0 Å². The summed E-state index contributed by atoms with van der Waals surface area (Å²) in [5.41, 5.74) is 9.32. The molecule has 4 heteroatoms. The lowest BCUT2D eigenvalue weighted by molar-refractivity contribution is 0.680. The zero-order valence-corrected chi connectivity index (χ0v) is 11.1. The van der Waals surface area contributed by atoms with Crippen molar-refractivity contribution in [3.05, 3.63) is 64.9 Å². The van der Waals surface area contributed by atoms with Gasteiger partial charge in [0.25, 0.3) is 0 Å². The molecule has 3 aromatic rings. The Kier molecular flexibility index (Phi) is 3.23. The Morgan fingerprint density at radius 2 is 1.84 bits per heavy atom. The number of imidazole rings is 1. The van der Waals surface area contributed by atoms with E-state index in [0.717, 1.165) is 33.9 Å². The molecule has 0 aliphatic rings. The Morgan fingerprint density at radius 3 is 2.58 bits per heavy atom. The molecule has 0 radical (unpaired) electrons. The molecule has 3 N–H and O–H groups in total. The van der Waals surface area contributed by atoms with E-state index in [1.807, 2.05) is 48.5 Å². The topological polar surface area (TPSA) is 54.7 Å². The molecular formula is C15H14ClN3. The van der Waals surface area contributed by atoms with E-state index in [4.69, 9.17) is 17.3 Å². The highest BCUT2D eigenvalue weighted by Gasteiger charge is 2.11. The third-order valence-electron chi connectivity index (χ3n) is 3.13. The summed E-state index contributed by atoms with van der Waals surface area (Å²) >= 11 is 5.87. The van der Waals surface area contributed by atoms with Gasteiger partial charge in [-0.1, -0.05) is 35.9 Å². The standard InChI is InChI=1S/C15H14ClN3/c16-11-7-5-10(6-8-11)9-12(17)15-18-13-3-1-2-4-14(13)19-15/h1-8,12H,9,17H2,(H,18,19). The molecule has 0 bridgehead atoms. The lowest BCUT2D eigenvalue weighted by Gasteiger charge is -2.08. The first-order valence-corrected chi connectivity index (χ1v) is 6.55. The number of nitrogens with two attached hydrogens (primary N) is 1. The maximum absolute atomic E-state index is 6.20. The number of fused-ring (bicyclic) bond motifs is 1. The summed E-state index contributed by atoms with van der Waals surface area (Å²) in [6.07, 6.45) is 0.733. The average Bonchev–Trinajstić information content (AvgIpc) is 2.85. The van der Waals surface area contributed by atoms with Crippen molar-refractivity contribution in [2.45, 2.75) is 12.5 Å². The molecule has 0 spiro atoms. The Labute approximate surface area is 116 Å². The molecule has 0 amide bonds. The van der Waals surface area contributed by atoms with Crippen LogP contribution in [0.2, 0.25) is 5.02 Å². The van der Waals surface area contributed by atoms with Gasteiger partial charge in [-0.2, -0.15) is 0 Å². The first kappa shape index (κ1) is 12.2. The van der Waals surface area contributed by atoms with E-state index in [2.05, 4.69) is 9.97 Å². The van der Waals surface area contributed by atoms with Crippen molar-refractivity contribution in [1.29, 1.82) is 0 Å². The average molecular weight is 272 g/mol. The summed E-state index contributed by atoms with van der Waals surface area (Å²) in [5, 5.41) is 0.737. The first-order chi connectivity index (χ1) is 9.22. The second kappa shape index (κ2) is 5.03. The number of H-pyrrole nitrogens is 1. The smallest absolute Gasteiger partial charge is 0.124 e. The van der Waals surface area contributed by atoms with Crippen LogP contribution in [0, 0.1) is 0 Å². The molecule has 1 aromatic heterocycles. The summed E-state index contributed by atoms with van der Waals surface area (Å²) in [6.45, 7) is 0. The first-order valence-electron chi connectivity index (χ1n) is 6.17. The Balaban J connectivity index is 1.83. The summed E-state index contributed by atoms with van der Waals surface area (Å²) < 4.78 is 0. The van der Waals surface area contributed by atoms with E-state index in [9.17, 15) is 0 Å². The Morgan fingerprint density at radius 1 is 1.11 bits per heavy atom. The van der Waals surface area contributed by atoms with E-state index >= 15 is 0 Å². The highest BCUT2D eigenvalue weighted by molar-refractivity contribution is 6.30. The summed E-state index contributed by atoms with van der Waals surface area (Å²) in [7, 11) is 0. The molecule has 3 rings (SSSR count). The lowest BCUT2D eigenvalue weighted by atomic mass is 10.1. The van der Waals surface area contributed by atoms with Crippen LogP contribution in [0.3, 0.4) is 0 Å². The van der Waals surface area contributed by atoms with Crippen LogP contribution in [-0.2, 0) is 6.42 Å². The van der Waals surface area contributed by atoms with Crippen molar-refractivity contribution >= 4 is 22.6 Å². The van der Waals surface area contributed by atoms with Gasteiger partial charge in [0.1, 0.15) is 5.82 Å². The Bertz CT molecular complexity index is 655. The number of rotatable bonds is 3. The number of hydrogen-bond donors (Lipinski definition) is 2. The molecule has 3 nitrogen and oxygen atoms in total. The van der Waals surface area contributed by atoms with Crippen molar-refractivity contribution in [3.8, 4) is 0 Å². The lowest BCUT2D eigenvalue weighted by Crippen LogP contribution is -2.14. The Hall–Kier alpha value is -1.84. The maximum Gasteiger partial charge on any atom is 0.124 e.